The molecule has 24 heavy (non-hydrogen) atoms. The number of rotatable bonds is 5. The number of ether oxygens (including phenoxy) is 1. The summed E-state index contributed by atoms with van der Waals surface area (Å²) in [6.07, 6.45) is 2.08. The van der Waals surface area contributed by atoms with E-state index in [0.29, 0.717) is 5.75 Å². The maximum atomic E-state index is 10.2. The molecule has 1 unspecified atom stereocenters. The zero-order chi connectivity index (χ0) is 17.1. The van der Waals surface area contributed by atoms with Crippen LogP contribution in [-0.2, 0) is 6.42 Å². The van der Waals surface area contributed by atoms with Crippen LogP contribution < -0.4 is 10.1 Å². The van der Waals surface area contributed by atoms with E-state index in [2.05, 4.69) is 35.3 Å². The van der Waals surface area contributed by atoms with Gasteiger partial charge in [0.1, 0.15) is 11.5 Å². The molecular weight excluding hydrogens is 300 g/mol. The Morgan fingerprint density at radius 2 is 2.12 bits per heavy atom. The third-order valence-corrected chi connectivity index (χ3v) is 4.78. The van der Waals surface area contributed by atoms with Crippen molar-refractivity contribution in [2.24, 2.45) is 0 Å². The molecule has 2 aromatic carbocycles. The number of phenols is 1. The molecule has 1 heterocycles. The molecule has 1 aliphatic heterocycles. The fraction of sp³-hybridized carbons (Fsp3) is 0.400. The maximum absolute atomic E-state index is 10.2. The standard InChI is InChI=1S/C20H26N2O2/c1-4-9-22-10-8-14-12-19(23)18(21-2)13-17(14)20(22)15-6-5-7-16(11-15)24-3/h5-7,11-13,20-21,23H,4,8-10H2,1-3H3. The van der Waals surface area contributed by atoms with Gasteiger partial charge in [0.15, 0.2) is 0 Å². The van der Waals surface area contributed by atoms with Crippen molar-refractivity contribution in [3.63, 3.8) is 0 Å². The van der Waals surface area contributed by atoms with E-state index in [4.69, 9.17) is 4.74 Å². The minimum atomic E-state index is 0.191. The van der Waals surface area contributed by atoms with Crippen LogP contribution in [0.3, 0.4) is 0 Å². The van der Waals surface area contributed by atoms with Gasteiger partial charge in [-0.15, -0.1) is 0 Å². The van der Waals surface area contributed by atoms with Gasteiger partial charge in [-0.3, -0.25) is 4.90 Å². The van der Waals surface area contributed by atoms with Gasteiger partial charge < -0.3 is 15.2 Å². The van der Waals surface area contributed by atoms with Crippen molar-refractivity contribution >= 4 is 5.69 Å². The van der Waals surface area contributed by atoms with Gasteiger partial charge in [-0.2, -0.15) is 0 Å². The molecule has 0 saturated heterocycles. The summed E-state index contributed by atoms with van der Waals surface area (Å²) in [6, 6.07) is 12.5. The van der Waals surface area contributed by atoms with Crippen LogP contribution in [0.25, 0.3) is 0 Å². The van der Waals surface area contributed by atoms with Gasteiger partial charge in [0.05, 0.1) is 18.8 Å². The van der Waals surface area contributed by atoms with Crippen molar-refractivity contribution in [1.82, 2.24) is 4.90 Å². The van der Waals surface area contributed by atoms with Crippen molar-refractivity contribution in [1.29, 1.82) is 0 Å². The Morgan fingerprint density at radius 1 is 1.29 bits per heavy atom. The van der Waals surface area contributed by atoms with Gasteiger partial charge in [0.2, 0.25) is 0 Å². The van der Waals surface area contributed by atoms with Crippen LogP contribution in [0.15, 0.2) is 36.4 Å². The molecule has 0 bridgehead atoms. The Morgan fingerprint density at radius 3 is 2.83 bits per heavy atom. The van der Waals surface area contributed by atoms with Crippen LogP contribution in [0.4, 0.5) is 5.69 Å². The van der Waals surface area contributed by atoms with Crippen molar-refractivity contribution in [2.45, 2.75) is 25.8 Å². The fourth-order valence-electron chi connectivity index (χ4n) is 3.64. The molecule has 0 fully saturated rings. The second-order valence-corrected chi connectivity index (χ2v) is 6.28. The lowest BCUT2D eigenvalue weighted by molar-refractivity contribution is 0.213. The predicted molar refractivity (Wildman–Crippen MR) is 98.1 cm³/mol. The molecule has 128 valence electrons. The van der Waals surface area contributed by atoms with Gasteiger partial charge in [0, 0.05) is 13.6 Å². The molecule has 2 aromatic rings. The number of anilines is 1. The first-order valence-corrected chi connectivity index (χ1v) is 8.59. The molecule has 4 nitrogen and oxygen atoms in total. The highest BCUT2D eigenvalue weighted by molar-refractivity contribution is 5.61. The smallest absolute Gasteiger partial charge is 0.138 e. The van der Waals surface area contributed by atoms with E-state index in [-0.39, 0.29) is 6.04 Å². The highest BCUT2D eigenvalue weighted by atomic mass is 16.5. The number of fused-ring (bicyclic) bond motifs is 1. The van der Waals surface area contributed by atoms with E-state index in [1.54, 1.807) is 7.11 Å². The molecule has 0 aromatic heterocycles. The molecule has 0 amide bonds. The predicted octanol–water partition coefficient (Wildman–Crippen LogP) is 3.80. The number of hydrogen-bond donors (Lipinski definition) is 2. The Bertz CT molecular complexity index is 715. The normalized spacial score (nSPS) is 17.4. The lowest BCUT2D eigenvalue weighted by atomic mass is 9.87. The molecular formula is C20H26N2O2. The van der Waals surface area contributed by atoms with E-state index < -0.39 is 0 Å². The summed E-state index contributed by atoms with van der Waals surface area (Å²) in [5.74, 6) is 1.20. The highest BCUT2D eigenvalue weighted by Crippen LogP contribution is 2.40. The Hall–Kier alpha value is -2.20. The first-order valence-electron chi connectivity index (χ1n) is 8.59. The zero-order valence-corrected chi connectivity index (χ0v) is 14.7. The number of benzene rings is 2. The third kappa shape index (κ3) is 3.06. The maximum Gasteiger partial charge on any atom is 0.138 e. The molecule has 2 N–H and O–H groups in total. The molecule has 0 spiro atoms. The zero-order valence-electron chi connectivity index (χ0n) is 14.7. The Labute approximate surface area is 144 Å². The number of nitrogens with zero attached hydrogens (tertiary/aromatic N) is 1. The van der Waals surface area contributed by atoms with Crippen LogP contribution in [0, 0.1) is 0 Å². The lowest BCUT2D eigenvalue weighted by Crippen LogP contribution is -2.36. The van der Waals surface area contributed by atoms with Crippen LogP contribution in [0.5, 0.6) is 11.5 Å². The Kier molecular flexibility index (Phi) is 4.95. The number of nitrogens with one attached hydrogen (secondary N) is 1. The quantitative estimate of drug-likeness (QED) is 0.820. The van der Waals surface area contributed by atoms with Crippen LogP contribution in [0.1, 0.15) is 36.1 Å². The molecule has 0 radical (unpaired) electrons. The van der Waals surface area contributed by atoms with E-state index in [0.717, 1.165) is 37.4 Å². The first kappa shape index (κ1) is 16.7. The summed E-state index contributed by atoms with van der Waals surface area (Å²) in [7, 11) is 3.55. The monoisotopic (exact) mass is 326 g/mol. The second kappa shape index (κ2) is 7.14. The average molecular weight is 326 g/mol. The minimum Gasteiger partial charge on any atom is -0.506 e. The van der Waals surface area contributed by atoms with E-state index >= 15 is 0 Å². The summed E-state index contributed by atoms with van der Waals surface area (Å²) in [5, 5.41) is 13.3. The van der Waals surface area contributed by atoms with Crippen molar-refractivity contribution < 1.29 is 9.84 Å². The van der Waals surface area contributed by atoms with Crippen molar-refractivity contribution in [3.8, 4) is 11.5 Å². The molecule has 4 heteroatoms. The highest BCUT2D eigenvalue weighted by Gasteiger charge is 2.29. The SMILES string of the molecule is CCCN1CCc2cc(O)c(NC)cc2C1c1cccc(OC)c1. The molecule has 3 rings (SSSR count). The fourth-order valence-corrected chi connectivity index (χ4v) is 3.64. The van der Waals surface area contributed by atoms with Gasteiger partial charge in [0.25, 0.3) is 0 Å². The molecule has 0 aliphatic carbocycles. The minimum absolute atomic E-state index is 0.191. The van der Waals surface area contributed by atoms with Crippen molar-refractivity contribution in [2.75, 3.05) is 32.6 Å². The van der Waals surface area contributed by atoms with E-state index in [9.17, 15) is 5.11 Å². The number of methoxy groups -OCH3 is 1. The van der Waals surface area contributed by atoms with Gasteiger partial charge >= 0.3 is 0 Å². The summed E-state index contributed by atoms with van der Waals surface area (Å²) in [5.41, 5.74) is 4.51. The van der Waals surface area contributed by atoms with Gasteiger partial charge in [-0.1, -0.05) is 19.1 Å². The summed E-state index contributed by atoms with van der Waals surface area (Å²) < 4.78 is 5.42. The van der Waals surface area contributed by atoms with Crippen LogP contribution in [-0.4, -0.2) is 37.3 Å². The van der Waals surface area contributed by atoms with Crippen LogP contribution >= 0.6 is 0 Å². The van der Waals surface area contributed by atoms with E-state index in [1.807, 2.05) is 25.2 Å². The number of aromatic hydroxyl groups is 1. The van der Waals surface area contributed by atoms with E-state index in [1.165, 1.54) is 16.7 Å². The first-order chi connectivity index (χ1) is 11.7. The van der Waals surface area contributed by atoms with Gasteiger partial charge in [-0.05, 0) is 60.3 Å². The summed E-state index contributed by atoms with van der Waals surface area (Å²) >= 11 is 0. The van der Waals surface area contributed by atoms with Crippen LogP contribution in [0.2, 0.25) is 0 Å². The topological polar surface area (TPSA) is 44.7 Å². The lowest BCUT2D eigenvalue weighted by Gasteiger charge is -2.38. The average Bonchev–Trinajstić information content (AvgIpc) is 2.61. The van der Waals surface area contributed by atoms with Crippen molar-refractivity contribution in [3.05, 3.63) is 53.1 Å². The molecule has 0 saturated carbocycles. The molecule has 1 atom stereocenters. The van der Waals surface area contributed by atoms with Gasteiger partial charge in [-0.25, -0.2) is 0 Å². The largest absolute Gasteiger partial charge is 0.506 e. The summed E-state index contributed by atoms with van der Waals surface area (Å²) in [6.45, 7) is 4.27. The third-order valence-electron chi connectivity index (χ3n) is 4.78. The summed E-state index contributed by atoms with van der Waals surface area (Å²) in [4.78, 5) is 2.52. The molecule has 1 aliphatic rings. The number of hydrogen-bond acceptors (Lipinski definition) is 4. The Balaban J connectivity index is 2.12. The number of phenolic OH excluding ortho intramolecular Hbond substituents is 1. The second-order valence-electron chi connectivity index (χ2n) is 6.28.